The molecule has 1 aliphatic heterocycles. The molecule has 1 atom stereocenters. The summed E-state index contributed by atoms with van der Waals surface area (Å²) < 4.78 is 5.55. The van der Waals surface area contributed by atoms with Crippen LogP contribution >= 0.6 is 0 Å². The lowest BCUT2D eigenvalue weighted by Gasteiger charge is -2.25. The summed E-state index contributed by atoms with van der Waals surface area (Å²) in [7, 11) is 0. The van der Waals surface area contributed by atoms with Crippen LogP contribution in [0.25, 0.3) is 0 Å². The highest BCUT2D eigenvalue weighted by molar-refractivity contribution is 6.04. The molecule has 0 spiro atoms. The van der Waals surface area contributed by atoms with Crippen LogP contribution < -0.4 is 5.32 Å². The van der Waals surface area contributed by atoms with Crippen LogP contribution in [0.1, 0.15) is 37.9 Å². The maximum absolute atomic E-state index is 12.5. The van der Waals surface area contributed by atoms with Crippen LogP contribution in [0.4, 0.5) is 5.82 Å². The van der Waals surface area contributed by atoms with Gasteiger partial charge in [0.05, 0.1) is 5.56 Å². The van der Waals surface area contributed by atoms with E-state index in [0.29, 0.717) is 23.4 Å². The number of amides is 1. The Hall–Kier alpha value is -3.47. The van der Waals surface area contributed by atoms with Crippen molar-refractivity contribution in [3.05, 3.63) is 95.2 Å². The van der Waals surface area contributed by atoms with Gasteiger partial charge in [-0.15, -0.1) is 0 Å². The number of carbonyl (C=O) groups excluding carboxylic acids is 2. The van der Waals surface area contributed by atoms with Gasteiger partial charge in [0.15, 0.2) is 0 Å². The zero-order chi connectivity index (χ0) is 17.9. The van der Waals surface area contributed by atoms with Gasteiger partial charge < -0.3 is 10.1 Å². The van der Waals surface area contributed by atoms with Crippen LogP contribution in [0.5, 0.6) is 0 Å². The highest BCUT2D eigenvalue weighted by atomic mass is 16.5. The van der Waals surface area contributed by atoms with Crippen molar-refractivity contribution in [3.63, 3.8) is 0 Å². The Kier molecular flexibility index (Phi) is 4.19. The third kappa shape index (κ3) is 3.19. The van der Waals surface area contributed by atoms with Gasteiger partial charge in [-0.05, 0) is 41.5 Å². The molecule has 128 valence electrons. The van der Waals surface area contributed by atoms with Crippen LogP contribution in [0.15, 0.2) is 72.9 Å². The van der Waals surface area contributed by atoms with Gasteiger partial charge in [-0.25, -0.2) is 9.78 Å². The second-order valence-electron chi connectivity index (χ2n) is 6.05. The van der Waals surface area contributed by atoms with E-state index in [2.05, 4.69) is 10.3 Å². The SMILES string of the molecule is O=C(Nc1ccccn1)c1ccc2c(c1)C[C@H](c1ccccc1)OC2=O. The van der Waals surface area contributed by atoms with Gasteiger partial charge in [-0.3, -0.25) is 4.79 Å². The first-order chi connectivity index (χ1) is 12.7. The Labute approximate surface area is 150 Å². The summed E-state index contributed by atoms with van der Waals surface area (Å²) in [5, 5.41) is 2.75. The van der Waals surface area contributed by atoms with E-state index in [1.807, 2.05) is 30.3 Å². The summed E-state index contributed by atoms with van der Waals surface area (Å²) in [6, 6.07) is 19.9. The fraction of sp³-hybridized carbons (Fsp3) is 0.0952. The number of ether oxygens (including phenoxy) is 1. The van der Waals surface area contributed by atoms with Gasteiger partial charge in [-0.2, -0.15) is 0 Å². The second-order valence-corrected chi connectivity index (χ2v) is 6.05. The standard InChI is InChI=1S/C21H16N2O3/c24-20(23-19-8-4-5-11-22-19)15-9-10-17-16(12-15)13-18(26-21(17)25)14-6-2-1-3-7-14/h1-12,18H,13H2,(H,22,23,24)/t18-/m1/s1. The normalized spacial score (nSPS) is 15.7. The van der Waals surface area contributed by atoms with E-state index in [-0.39, 0.29) is 18.0 Å². The molecule has 1 aromatic heterocycles. The van der Waals surface area contributed by atoms with Crippen molar-refractivity contribution in [1.82, 2.24) is 4.98 Å². The molecule has 5 heteroatoms. The minimum absolute atomic E-state index is 0.262. The minimum Gasteiger partial charge on any atom is -0.454 e. The molecule has 1 amide bonds. The quantitative estimate of drug-likeness (QED) is 0.734. The molecule has 26 heavy (non-hydrogen) atoms. The predicted molar refractivity (Wildman–Crippen MR) is 96.9 cm³/mol. The fourth-order valence-corrected chi connectivity index (χ4v) is 3.02. The topological polar surface area (TPSA) is 68.3 Å². The molecule has 0 saturated carbocycles. The second kappa shape index (κ2) is 6.80. The van der Waals surface area contributed by atoms with Crippen molar-refractivity contribution in [3.8, 4) is 0 Å². The van der Waals surface area contributed by atoms with E-state index in [0.717, 1.165) is 11.1 Å². The third-order valence-corrected chi connectivity index (χ3v) is 4.32. The van der Waals surface area contributed by atoms with Crippen LogP contribution in [-0.4, -0.2) is 16.9 Å². The van der Waals surface area contributed by atoms with Crippen molar-refractivity contribution < 1.29 is 14.3 Å². The summed E-state index contributed by atoms with van der Waals surface area (Å²) in [5.74, 6) is -0.143. The number of nitrogens with one attached hydrogen (secondary N) is 1. The van der Waals surface area contributed by atoms with Crippen molar-refractivity contribution in [2.75, 3.05) is 5.32 Å². The molecule has 1 N–H and O–H groups in total. The zero-order valence-electron chi connectivity index (χ0n) is 13.9. The van der Waals surface area contributed by atoms with Gasteiger partial charge in [0.25, 0.3) is 5.91 Å². The van der Waals surface area contributed by atoms with Crippen molar-refractivity contribution in [1.29, 1.82) is 0 Å². The number of anilines is 1. The Morgan fingerprint density at radius 1 is 1.04 bits per heavy atom. The molecule has 1 aliphatic rings. The number of cyclic esters (lactones) is 1. The van der Waals surface area contributed by atoms with E-state index in [1.54, 1.807) is 42.6 Å². The van der Waals surface area contributed by atoms with Crippen LogP contribution in [-0.2, 0) is 11.2 Å². The number of carbonyl (C=O) groups is 2. The molecule has 0 bridgehead atoms. The van der Waals surface area contributed by atoms with E-state index < -0.39 is 0 Å². The largest absolute Gasteiger partial charge is 0.454 e. The molecule has 0 saturated heterocycles. The number of hydrogen-bond donors (Lipinski definition) is 1. The first-order valence-electron chi connectivity index (χ1n) is 8.32. The molecule has 0 aliphatic carbocycles. The lowest BCUT2D eigenvalue weighted by molar-refractivity contribution is 0.0252. The number of aromatic nitrogens is 1. The highest BCUT2D eigenvalue weighted by Gasteiger charge is 2.28. The van der Waals surface area contributed by atoms with Crippen LogP contribution in [0.2, 0.25) is 0 Å². The Morgan fingerprint density at radius 3 is 2.62 bits per heavy atom. The number of rotatable bonds is 3. The molecule has 4 rings (SSSR count). The summed E-state index contributed by atoms with van der Waals surface area (Å²) in [6.07, 6.45) is 1.81. The molecular formula is C21H16N2O3. The lowest BCUT2D eigenvalue weighted by atomic mass is 9.93. The fourth-order valence-electron chi connectivity index (χ4n) is 3.02. The molecule has 3 aromatic rings. The van der Waals surface area contributed by atoms with Crippen LogP contribution in [0, 0.1) is 0 Å². The van der Waals surface area contributed by atoms with Gasteiger partial charge in [0, 0.05) is 18.2 Å². The van der Waals surface area contributed by atoms with Gasteiger partial charge in [-0.1, -0.05) is 36.4 Å². The first kappa shape index (κ1) is 16.0. The van der Waals surface area contributed by atoms with Crippen molar-refractivity contribution >= 4 is 17.7 Å². The smallest absolute Gasteiger partial charge is 0.339 e. The Bertz CT molecular complexity index is 956. The summed E-state index contributed by atoms with van der Waals surface area (Å²) >= 11 is 0. The number of benzene rings is 2. The average Bonchev–Trinajstić information content (AvgIpc) is 2.69. The monoisotopic (exact) mass is 344 g/mol. The zero-order valence-corrected chi connectivity index (χ0v) is 13.9. The van der Waals surface area contributed by atoms with Gasteiger partial charge in [0.2, 0.25) is 0 Å². The molecule has 0 fully saturated rings. The number of hydrogen-bond acceptors (Lipinski definition) is 4. The molecule has 2 heterocycles. The Balaban J connectivity index is 1.60. The Morgan fingerprint density at radius 2 is 1.85 bits per heavy atom. The molecule has 0 unspecified atom stereocenters. The molecule has 2 aromatic carbocycles. The van der Waals surface area contributed by atoms with E-state index >= 15 is 0 Å². The number of fused-ring (bicyclic) bond motifs is 1. The molecule has 5 nitrogen and oxygen atoms in total. The highest BCUT2D eigenvalue weighted by Crippen LogP contribution is 2.31. The number of pyridine rings is 1. The number of nitrogens with zero attached hydrogens (tertiary/aromatic N) is 1. The lowest BCUT2D eigenvalue weighted by Crippen LogP contribution is -2.23. The van der Waals surface area contributed by atoms with E-state index in [9.17, 15) is 9.59 Å². The van der Waals surface area contributed by atoms with Gasteiger partial charge >= 0.3 is 5.97 Å². The average molecular weight is 344 g/mol. The summed E-state index contributed by atoms with van der Waals surface area (Å²) in [5.41, 5.74) is 2.74. The van der Waals surface area contributed by atoms with Crippen molar-refractivity contribution in [2.45, 2.75) is 12.5 Å². The maximum Gasteiger partial charge on any atom is 0.339 e. The molecular weight excluding hydrogens is 328 g/mol. The summed E-state index contributed by atoms with van der Waals surface area (Å²) in [4.78, 5) is 28.9. The van der Waals surface area contributed by atoms with Crippen LogP contribution in [0.3, 0.4) is 0 Å². The first-order valence-corrected chi connectivity index (χ1v) is 8.32. The predicted octanol–water partition coefficient (Wildman–Crippen LogP) is 3.79. The number of esters is 1. The molecule has 0 radical (unpaired) electrons. The van der Waals surface area contributed by atoms with E-state index in [4.69, 9.17) is 4.74 Å². The van der Waals surface area contributed by atoms with E-state index in [1.165, 1.54) is 0 Å². The minimum atomic E-state index is -0.364. The van der Waals surface area contributed by atoms with Crippen molar-refractivity contribution in [2.24, 2.45) is 0 Å². The maximum atomic E-state index is 12.5. The van der Waals surface area contributed by atoms with Gasteiger partial charge in [0.1, 0.15) is 11.9 Å². The summed E-state index contributed by atoms with van der Waals surface area (Å²) in [6.45, 7) is 0. The third-order valence-electron chi connectivity index (χ3n) is 4.32.